The maximum atomic E-state index is 12.9. The zero-order valence-corrected chi connectivity index (χ0v) is 13.1. The summed E-state index contributed by atoms with van der Waals surface area (Å²) in [6, 6.07) is 5.34. The number of hydrogen-bond donors (Lipinski definition) is 0. The quantitative estimate of drug-likeness (QED) is 0.789. The average Bonchev–Trinajstić information content (AvgIpc) is 2.71. The molecule has 2 rings (SSSR count). The van der Waals surface area contributed by atoms with E-state index < -0.39 is 0 Å². The summed E-state index contributed by atoms with van der Waals surface area (Å²) in [5.74, 6) is 1.33. The van der Waals surface area contributed by atoms with Gasteiger partial charge in [0.1, 0.15) is 0 Å². The van der Waals surface area contributed by atoms with Crippen molar-refractivity contribution in [3.05, 3.63) is 23.8 Å². The first-order chi connectivity index (χ1) is 9.10. The minimum absolute atomic E-state index is 0.00306. The molecule has 4 heteroatoms. The molecule has 1 amide bonds. The van der Waals surface area contributed by atoms with Gasteiger partial charge in [-0.05, 0) is 59.7 Å². The Hall–Kier alpha value is -1.71. The lowest BCUT2D eigenvalue weighted by atomic mass is 9.94. The van der Waals surface area contributed by atoms with E-state index in [9.17, 15) is 4.79 Å². The van der Waals surface area contributed by atoms with Crippen LogP contribution < -0.4 is 9.47 Å². The van der Waals surface area contributed by atoms with Crippen LogP contribution in [0.4, 0.5) is 0 Å². The van der Waals surface area contributed by atoms with E-state index in [4.69, 9.17) is 9.47 Å². The van der Waals surface area contributed by atoms with Crippen LogP contribution in [0, 0.1) is 0 Å². The van der Waals surface area contributed by atoms with E-state index in [1.807, 2.05) is 46.4 Å². The van der Waals surface area contributed by atoms with Gasteiger partial charge in [0, 0.05) is 16.6 Å². The Labute approximate surface area is 120 Å². The molecule has 0 spiro atoms. The number of benzene rings is 1. The van der Waals surface area contributed by atoms with E-state index in [0.29, 0.717) is 17.1 Å². The van der Waals surface area contributed by atoms with Gasteiger partial charge in [-0.3, -0.25) is 4.79 Å². The fourth-order valence-electron chi connectivity index (χ4n) is 2.77. The number of carbonyl (C=O) groups excluding carboxylic acids is 1. The SMILES string of the molecule is CC(C)(C)N(C(=O)c1ccc2c(c1)OCO2)C(C)(C)C. The Bertz CT molecular complexity index is 510. The predicted octanol–water partition coefficient (Wildman–Crippen LogP) is 3.45. The van der Waals surface area contributed by atoms with Crippen molar-refractivity contribution in [1.29, 1.82) is 0 Å². The van der Waals surface area contributed by atoms with Crippen LogP contribution in [0.25, 0.3) is 0 Å². The standard InChI is InChI=1S/C16H23NO3/c1-15(2,3)17(16(4,5)6)14(18)11-7-8-12-13(9-11)20-10-19-12/h7-9H,10H2,1-6H3. The highest BCUT2D eigenvalue weighted by Gasteiger charge is 2.36. The molecule has 4 nitrogen and oxygen atoms in total. The molecular formula is C16H23NO3. The molecule has 0 saturated heterocycles. The van der Waals surface area contributed by atoms with Crippen molar-refractivity contribution in [1.82, 2.24) is 4.90 Å². The third-order valence-corrected chi connectivity index (χ3v) is 3.16. The summed E-state index contributed by atoms with van der Waals surface area (Å²) in [7, 11) is 0. The first-order valence-electron chi connectivity index (χ1n) is 6.85. The second kappa shape index (κ2) is 4.69. The molecule has 110 valence electrons. The monoisotopic (exact) mass is 277 g/mol. The molecule has 0 fully saturated rings. The smallest absolute Gasteiger partial charge is 0.254 e. The highest BCUT2D eigenvalue weighted by Crippen LogP contribution is 2.34. The van der Waals surface area contributed by atoms with Crippen LogP contribution in [0.15, 0.2) is 18.2 Å². The van der Waals surface area contributed by atoms with E-state index >= 15 is 0 Å². The van der Waals surface area contributed by atoms with Crippen LogP contribution in [0.5, 0.6) is 11.5 Å². The summed E-state index contributed by atoms with van der Waals surface area (Å²) in [5.41, 5.74) is 0.108. The minimum atomic E-state index is -0.258. The van der Waals surface area contributed by atoms with E-state index in [2.05, 4.69) is 0 Å². The molecule has 1 heterocycles. The Morgan fingerprint density at radius 2 is 1.55 bits per heavy atom. The largest absolute Gasteiger partial charge is 0.454 e. The maximum Gasteiger partial charge on any atom is 0.254 e. The maximum absolute atomic E-state index is 12.9. The van der Waals surface area contributed by atoms with Crippen molar-refractivity contribution in [3.63, 3.8) is 0 Å². The molecule has 0 saturated carbocycles. The molecule has 0 aromatic heterocycles. The average molecular weight is 277 g/mol. The Morgan fingerprint density at radius 3 is 2.10 bits per heavy atom. The van der Waals surface area contributed by atoms with Gasteiger partial charge in [0.2, 0.25) is 6.79 Å². The van der Waals surface area contributed by atoms with Gasteiger partial charge in [-0.15, -0.1) is 0 Å². The van der Waals surface area contributed by atoms with Crippen LogP contribution in [-0.4, -0.2) is 28.7 Å². The van der Waals surface area contributed by atoms with Crippen LogP contribution in [-0.2, 0) is 0 Å². The molecular weight excluding hydrogens is 254 g/mol. The summed E-state index contributed by atoms with van der Waals surface area (Å²) in [6.45, 7) is 12.5. The lowest BCUT2D eigenvalue weighted by molar-refractivity contribution is 0.0270. The number of ether oxygens (including phenoxy) is 2. The Kier molecular flexibility index (Phi) is 3.44. The molecule has 0 N–H and O–H groups in total. The number of hydrogen-bond acceptors (Lipinski definition) is 3. The molecule has 1 aliphatic rings. The van der Waals surface area contributed by atoms with Crippen molar-refractivity contribution in [2.24, 2.45) is 0 Å². The molecule has 0 bridgehead atoms. The summed E-state index contributed by atoms with van der Waals surface area (Å²) < 4.78 is 10.6. The zero-order chi connectivity index (χ0) is 15.1. The van der Waals surface area contributed by atoms with E-state index in [1.165, 1.54) is 0 Å². The van der Waals surface area contributed by atoms with Crippen LogP contribution >= 0.6 is 0 Å². The lowest BCUT2D eigenvalue weighted by Crippen LogP contribution is -2.55. The van der Waals surface area contributed by atoms with E-state index in [0.717, 1.165) is 0 Å². The van der Waals surface area contributed by atoms with Gasteiger partial charge in [-0.2, -0.15) is 0 Å². The fraction of sp³-hybridized carbons (Fsp3) is 0.562. The molecule has 1 aromatic carbocycles. The van der Waals surface area contributed by atoms with Crippen LogP contribution in [0.2, 0.25) is 0 Å². The minimum Gasteiger partial charge on any atom is -0.454 e. The van der Waals surface area contributed by atoms with Crippen molar-refractivity contribution >= 4 is 5.91 Å². The van der Waals surface area contributed by atoms with Gasteiger partial charge in [0.25, 0.3) is 5.91 Å². The number of carbonyl (C=O) groups is 1. The second-order valence-corrected chi connectivity index (χ2v) is 7.05. The molecule has 20 heavy (non-hydrogen) atoms. The highest BCUT2D eigenvalue weighted by molar-refractivity contribution is 5.96. The first-order valence-corrected chi connectivity index (χ1v) is 6.85. The van der Waals surface area contributed by atoms with Gasteiger partial charge in [-0.25, -0.2) is 0 Å². The van der Waals surface area contributed by atoms with Gasteiger partial charge >= 0.3 is 0 Å². The van der Waals surface area contributed by atoms with Gasteiger partial charge < -0.3 is 14.4 Å². The van der Waals surface area contributed by atoms with Gasteiger partial charge in [0.15, 0.2) is 11.5 Å². The van der Waals surface area contributed by atoms with Crippen molar-refractivity contribution < 1.29 is 14.3 Å². The summed E-state index contributed by atoms with van der Waals surface area (Å²) in [5, 5.41) is 0. The fourth-order valence-corrected chi connectivity index (χ4v) is 2.77. The topological polar surface area (TPSA) is 38.8 Å². The first kappa shape index (κ1) is 14.7. The number of rotatable bonds is 1. The number of nitrogens with zero attached hydrogens (tertiary/aromatic N) is 1. The summed E-state index contributed by atoms with van der Waals surface area (Å²) >= 11 is 0. The zero-order valence-electron chi connectivity index (χ0n) is 13.1. The Balaban J connectivity index is 2.38. The summed E-state index contributed by atoms with van der Waals surface area (Å²) in [6.07, 6.45) is 0. The highest BCUT2D eigenvalue weighted by atomic mass is 16.7. The molecule has 0 radical (unpaired) electrons. The molecule has 0 aliphatic carbocycles. The second-order valence-electron chi connectivity index (χ2n) is 7.05. The van der Waals surface area contributed by atoms with Gasteiger partial charge in [-0.1, -0.05) is 0 Å². The van der Waals surface area contributed by atoms with Crippen molar-refractivity contribution in [2.45, 2.75) is 52.6 Å². The van der Waals surface area contributed by atoms with Crippen LogP contribution in [0.3, 0.4) is 0 Å². The lowest BCUT2D eigenvalue weighted by Gasteiger charge is -2.45. The van der Waals surface area contributed by atoms with E-state index in [-0.39, 0.29) is 23.8 Å². The van der Waals surface area contributed by atoms with Gasteiger partial charge in [0.05, 0.1) is 0 Å². The van der Waals surface area contributed by atoms with Crippen LogP contribution in [0.1, 0.15) is 51.9 Å². The molecule has 1 aliphatic heterocycles. The summed E-state index contributed by atoms with van der Waals surface area (Å²) in [4.78, 5) is 14.8. The number of amides is 1. The normalized spacial score (nSPS) is 14.3. The molecule has 0 unspecified atom stereocenters. The van der Waals surface area contributed by atoms with Crippen molar-refractivity contribution in [3.8, 4) is 11.5 Å². The third-order valence-electron chi connectivity index (χ3n) is 3.16. The molecule has 0 atom stereocenters. The van der Waals surface area contributed by atoms with Crippen molar-refractivity contribution in [2.75, 3.05) is 6.79 Å². The predicted molar refractivity (Wildman–Crippen MR) is 78.2 cm³/mol. The number of fused-ring (bicyclic) bond motifs is 1. The third kappa shape index (κ3) is 2.74. The Morgan fingerprint density at radius 1 is 1.00 bits per heavy atom. The van der Waals surface area contributed by atoms with E-state index in [1.54, 1.807) is 18.2 Å². The molecule has 1 aromatic rings.